The summed E-state index contributed by atoms with van der Waals surface area (Å²) in [6.45, 7) is 7.38. The molecule has 1 amide bonds. The first-order valence-electron chi connectivity index (χ1n) is 13.1. The summed E-state index contributed by atoms with van der Waals surface area (Å²) in [5.41, 5.74) is 16.3. The number of benzene rings is 1. The van der Waals surface area contributed by atoms with Crippen molar-refractivity contribution in [2.75, 3.05) is 20.8 Å². The van der Waals surface area contributed by atoms with Gasteiger partial charge in [0.15, 0.2) is 0 Å². The van der Waals surface area contributed by atoms with Gasteiger partial charge in [-0.05, 0) is 73.4 Å². The average molecular weight is 610 g/mol. The largest absolute Gasteiger partial charge is 0.403 e. The second-order valence-electron chi connectivity index (χ2n) is 8.52. The van der Waals surface area contributed by atoms with E-state index in [0.717, 1.165) is 29.7 Å². The van der Waals surface area contributed by atoms with Gasteiger partial charge >= 0.3 is 6.68 Å². The number of hydrogen-bond donors (Lipinski definition) is 3. The van der Waals surface area contributed by atoms with Crippen LogP contribution in [0.15, 0.2) is 51.7 Å². The zero-order valence-corrected chi connectivity index (χ0v) is 26.1. The predicted molar refractivity (Wildman–Crippen MR) is 163 cm³/mol. The summed E-state index contributed by atoms with van der Waals surface area (Å²) in [5.74, 6) is 0.222. The van der Waals surface area contributed by atoms with Crippen LogP contribution >= 0.6 is 23.2 Å². The maximum absolute atomic E-state index is 12.1. The van der Waals surface area contributed by atoms with Gasteiger partial charge in [-0.15, -0.1) is 0 Å². The minimum Gasteiger partial charge on any atom is -0.403 e. The van der Waals surface area contributed by atoms with E-state index in [1.54, 1.807) is 26.3 Å². The van der Waals surface area contributed by atoms with Gasteiger partial charge in [0.05, 0.1) is 22.9 Å². The lowest BCUT2D eigenvalue weighted by molar-refractivity contribution is 0.00818. The molecular formula is C29H45Cl2F3N4O2. The number of nitrogens with zero attached hydrogens (tertiary/aromatic N) is 1. The van der Waals surface area contributed by atoms with Gasteiger partial charge in [0.25, 0.3) is 5.91 Å². The number of nitrogens with two attached hydrogens (primary N) is 2. The Morgan fingerprint density at radius 3 is 2.25 bits per heavy atom. The van der Waals surface area contributed by atoms with E-state index >= 15 is 0 Å². The van der Waals surface area contributed by atoms with Crippen LogP contribution in [0.2, 0.25) is 5.02 Å². The molecule has 1 aromatic rings. The van der Waals surface area contributed by atoms with E-state index in [-0.39, 0.29) is 12.5 Å². The van der Waals surface area contributed by atoms with E-state index in [1.807, 2.05) is 26.8 Å². The van der Waals surface area contributed by atoms with Crippen molar-refractivity contribution >= 4 is 40.5 Å². The minimum atomic E-state index is -3.67. The number of amides is 1. The summed E-state index contributed by atoms with van der Waals surface area (Å²) in [6, 6.07) is 3.41. The highest BCUT2D eigenvalue weighted by Gasteiger charge is 2.16. The van der Waals surface area contributed by atoms with Gasteiger partial charge < -0.3 is 21.5 Å². The lowest BCUT2D eigenvalue weighted by Gasteiger charge is -2.15. The first-order chi connectivity index (χ1) is 18.9. The quantitative estimate of drug-likeness (QED) is 0.204. The van der Waals surface area contributed by atoms with Crippen LogP contribution in [-0.2, 0) is 11.3 Å². The Labute approximate surface area is 247 Å². The van der Waals surface area contributed by atoms with Crippen LogP contribution in [0.3, 0.4) is 0 Å². The zero-order valence-electron chi connectivity index (χ0n) is 24.6. The van der Waals surface area contributed by atoms with Gasteiger partial charge in [-0.3, -0.25) is 9.79 Å². The molecule has 0 spiro atoms. The third-order valence-corrected chi connectivity index (χ3v) is 5.87. The Balaban J connectivity index is 0. The standard InChI is InChI=1S/C17H22ClN3O.C9H16ClNO.C2H6.CHF3/c1-11(12-6-4-3-5-7-12)21-16-13(10-19)8-14(18)9-15(16)17(22)20-2;1-7(2)8(6-12-3)4-9(10)5-11;1-2;2-1(3)4/h6,8-9H,3-5,7,10,19H2,1-2H3,(H,20,22);4-5,7H,6,11H2,1-3H3;1-2H3;1H/b;8-4-,9-5+;;. The van der Waals surface area contributed by atoms with Crippen LogP contribution in [-0.4, -0.2) is 39.1 Å². The smallest absolute Gasteiger partial charge is 0.379 e. The van der Waals surface area contributed by atoms with Crippen molar-refractivity contribution in [1.82, 2.24) is 5.32 Å². The van der Waals surface area contributed by atoms with E-state index in [2.05, 4.69) is 25.2 Å². The average Bonchev–Trinajstić information content (AvgIpc) is 2.94. The van der Waals surface area contributed by atoms with Crippen molar-refractivity contribution in [2.45, 2.75) is 73.5 Å². The van der Waals surface area contributed by atoms with Crippen molar-refractivity contribution in [2.24, 2.45) is 22.4 Å². The highest BCUT2D eigenvalue weighted by atomic mass is 35.5. The van der Waals surface area contributed by atoms with Gasteiger partial charge in [0.2, 0.25) is 0 Å². The van der Waals surface area contributed by atoms with E-state index in [9.17, 15) is 18.0 Å². The molecule has 0 heterocycles. The number of halogens is 5. The molecule has 0 aliphatic heterocycles. The molecule has 0 fully saturated rings. The molecular weight excluding hydrogens is 564 g/mol. The number of ether oxygens (including phenoxy) is 1. The van der Waals surface area contributed by atoms with Gasteiger partial charge in [-0.25, -0.2) is 0 Å². The topological polar surface area (TPSA) is 103 Å². The third kappa shape index (κ3) is 16.7. The molecule has 0 atom stereocenters. The molecule has 0 aromatic heterocycles. The Bertz CT molecular complexity index is 1010. The Morgan fingerprint density at radius 1 is 1.23 bits per heavy atom. The molecule has 11 heteroatoms. The van der Waals surface area contributed by atoms with E-state index < -0.39 is 6.68 Å². The van der Waals surface area contributed by atoms with Crippen LogP contribution in [0, 0.1) is 5.92 Å². The number of allylic oxidation sites excluding steroid dienone is 4. The first kappa shape index (κ1) is 39.8. The number of carbonyl (C=O) groups excluding carboxylic acids is 1. The van der Waals surface area contributed by atoms with Crippen LogP contribution in [0.1, 0.15) is 76.2 Å². The van der Waals surface area contributed by atoms with Crippen molar-refractivity contribution in [1.29, 1.82) is 0 Å². The number of rotatable bonds is 8. The number of carbonyl (C=O) groups is 1. The van der Waals surface area contributed by atoms with E-state index in [4.69, 9.17) is 44.4 Å². The van der Waals surface area contributed by atoms with Gasteiger partial charge in [-0.1, -0.05) is 57.0 Å². The minimum absolute atomic E-state index is 0.207. The Kier molecular flexibility index (Phi) is 23.3. The molecule has 40 heavy (non-hydrogen) atoms. The number of alkyl halides is 3. The summed E-state index contributed by atoms with van der Waals surface area (Å²) in [6.07, 6.45) is 10.0. The van der Waals surface area contributed by atoms with Crippen molar-refractivity contribution in [3.8, 4) is 0 Å². The maximum Gasteiger partial charge on any atom is 0.379 e. The number of methoxy groups -OCH3 is 1. The van der Waals surface area contributed by atoms with Crippen molar-refractivity contribution in [3.05, 3.63) is 62.8 Å². The number of aliphatic imine (C=N–C) groups is 1. The van der Waals surface area contributed by atoms with Crippen LogP contribution < -0.4 is 16.8 Å². The molecule has 0 bridgehead atoms. The van der Waals surface area contributed by atoms with Gasteiger partial charge in [0.1, 0.15) is 0 Å². The lowest BCUT2D eigenvalue weighted by atomic mass is 9.96. The molecule has 0 radical (unpaired) electrons. The number of nitrogens with one attached hydrogen (secondary N) is 1. The molecule has 0 unspecified atom stereocenters. The monoisotopic (exact) mass is 608 g/mol. The van der Waals surface area contributed by atoms with Crippen LogP contribution in [0.25, 0.3) is 0 Å². The van der Waals surface area contributed by atoms with E-state index in [0.29, 0.717) is 33.8 Å². The van der Waals surface area contributed by atoms with Gasteiger partial charge in [-0.2, -0.15) is 13.2 Å². The van der Waals surface area contributed by atoms with Crippen molar-refractivity contribution < 1.29 is 22.7 Å². The summed E-state index contributed by atoms with van der Waals surface area (Å²) < 4.78 is 34.0. The predicted octanol–water partition coefficient (Wildman–Crippen LogP) is 8.21. The second kappa shape index (κ2) is 23.4. The highest BCUT2D eigenvalue weighted by molar-refractivity contribution is 6.31. The Hall–Kier alpha value is -2.33. The van der Waals surface area contributed by atoms with E-state index in [1.165, 1.54) is 24.6 Å². The zero-order chi connectivity index (χ0) is 31.3. The first-order valence-corrected chi connectivity index (χ1v) is 13.9. The summed E-state index contributed by atoms with van der Waals surface area (Å²) >= 11 is 11.8. The fraction of sp³-hybridized carbons (Fsp3) is 0.517. The lowest BCUT2D eigenvalue weighted by Crippen LogP contribution is -2.19. The molecule has 1 aromatic carbocycles. The van der Waals surface area contributed by atoms with Gasteiger partial charge in [0, 0.05) is 37.6 Å². The fourth-order valence-corrected chi connectivity index (χ4v) is 3.81. The normalized spacial score (nSPS) is 13.8. The van der Waals surface area contributed by atoms with Crippen molar-refractivity contribution in [3.63, 3.8) is 0 Å². The second-order valence-corrected chi connectivity index (χ2v) is 9.40. The molecule has 228 valence electrons. The molecule has 1 aliphatic rings. The third-order valence-electron chi connectivity index (χ3n) is 5.42. The number of hydrogen-bond acceptors (Lipinski definition) is 5. The maximum atomic E-state index is 12.1. The fourth-order valence-electron chi connectivity index (χ4n) is 3.42. The molecule has 2 rings (SSSR count). The highest BCUT2D eigenvalue weighted by Crippen LogP contribution is 2.30. The molecule has 0 saturated heterocycles. The molecule has 1 aliphatic carbocycles. The van der Waals surface area contributed by atoms with Crippen LogP contribution in [0.4, 0.5) is 18.9 Å². The summed E-state index contributed by atoms with van der Waals surface area (Å²) in [7, 11) is 3.26. The molecule has 5 N–H and O–H groups in total. The Morgan fingerprint density at radius 2 is 1.82 bits per heavy atom. The summed E-state index contributed by atoms with van der Waals surface area (Å²) in [4.78, 5) is 16.8. The molecule has 0 saturated carbocycles. The molecule has 6 nitrogen and oxygen atoms in total. The van der Waals surface area contributed by atoms with Crippen LogP contribution in [0.5, 0.6) is 0 Å². The summed E-state index contributed by atoms with van der Waals surface area (Å²) in [5, 5.41) is 3.68. The SMILES string of the molecule is CC.CNC(=O)c1cc(Cl)cc(CN)c1N=C(C)C1=CCCCC1.COC/C(=C/C(Cl)=C\N)C(C)C.FC(F)F.